The van der Waals surface area contributed by atoms with E-state index in [-0.39, 0.29) is 35.6 Å². The van der Waals surface area contributed by atoms with Gasteiger partial charge in [-0.1, -0.05) is 79.4 Å². The van der Waals surface area contributed by atoms with Crippen molar-refractivity contribution in [3.8, 4) is 0 Å². The molecule has 8 atom stereocenters. The zero-order chi connectivity index (χ0) is 27.0. The van der Waals surface area contributed by atoms with Crippen LogP contribution in [0.3, 0.4) is 0 Å². The standard InChI is InChI=1S/C34H56O3/c1-22(2)9-8-10-24(5)28-13-14-29-27-12-11-25-21-26(37-32(36)16-15-31(35)23(3)4)17-19-33(25,6)30(27)18-20-34(28,29)7/h11,22-24,26-30H,8-10,12-21H2,1-7H3/t24-,26-,27?,28-,29?,30?,33+,34-/m1/s1. The van der Waals surface area contributed by atoms with Crippen molar-refractivity contribution in [1.82, 2.24) is 0 Å². The normalized spacial score (nSPS) is 38.0. The third-order valence-electron chi connectivity index (χ3n) is 11.8. The summed E-state index contributed by atoms with van der Waals surface area (Å²) >= 11 is 0. The number of carbonyl (C=O) groups is 2. The number of rotatable bonds is 10. The van der Waals surface area contributed by atoms with Crippen LogP contribution in [0.5, 0.6) is 0 Å². The van der Waals surface area contributed by atoms with Crippen molar-refractivity contribution in [1.29, 1.82) is 0 Å². The summed E-state index contributed by atoms with van der Waals surface area (Å²) in [5.41, 5.74) is 2.37. The summed E-state index contributed by atoms with van der Waals surface area (Å²) in [7, 11) is 0. The Balaban J connectivity index is 1.37. The van der Waals surface area contributed by atoms with Crippen molar-refractivity contribution in [2.24, 2.45) is 52.3 Å². The number of ether oxygens (including phenoxy) is 1. The predicted molar refractivity (Wildman–Crippen MR) is 152 cm³/mol. The molecule has 0 bridgehead atoms. The van der Waals surface area contributed by atoms with Crippen LogP contribution in [0.1, 0.15) is 132 Å². The van der Waals surface area contributed by atoms with Gasteiger partial charge in [-0.05, 0) is 91.3 Å². The molecule has 3 unspecified atom stereocenters. The number of hydrogen-bond donors (Lipinski definition) is 0. The van der Waals surface area contributed by atoms with E-state index in [2.05, 4.69) is 40.7 Å². The van der Waals surface area contributed by atoms with Crippen LogP contribution in [-0.4, -0.2) is 17.9 Å². The number of esters is 1. The van der Waals surface area contributed by atoms with Crippen LogP contribution < -0.4 is 0 Å². The van der Waals surface area contributed by atoms with Crippen LogP contribution in [-0.2, 0) is 14.3 Å². The Hall–Kier alpha value is -1.12. The lowest BCUT2D eigenvalue weighted by atomic mass is 9.47. The monoisotopic (exact) mass is 512 g/mol. The van der Waals surface area contributed by atoms with Gasteiger partial charge in [0.25, 0.3) is 0 Å². The minimum Gasteiger partial charge on any atom is -0.462 e. The fourth-order valence-corrected chi connectivity index (χ4v) is 9.51. The zero-order valence-corrected chi connectivity index (χ0v) is 25.1. The summed E-state index contributed by atoms with van der Waals surface area (Å²) in [4.78, 5) is 24.4. The summed E-state index contributed by atoms with van der Waals surface area (Å²) in [6, 6.07) is 0. The van der Waals surface area contributed by atoms with Crippen molar-refractivity contribution >= 4 is 11.8 Å². The van der Waals surface area contributed by atoms with E-state index in [1.165, 1.54) is 51.4 Å². The number of ketones is 1. The lowest BCUT2D eigenvalue weighted by Gasteiger charge is -2.58. The molecule has 0 spiro atoms. The van der Waals surface area contributed by atoms with Gasteiger partial charge < -0.3 is 4.74 Å². The van der Waals surface area contributed by atoms with E-state index in [4.69, 9.17) is 4.74 Å². The molecule has 0 aromatic rings. The Morgan fingerprint density at radius 2 is 1.70 bits per heavy atom. The largest absolute Gasteiger partial charge is 0.462 e. The third-order valence-corrected chi connectivity index (χ3v) is 11.8. The lowest BCUT2D eigenvalue weighted by molar-refractivity contribution is -0.152. The molecule has 210 valence electrons. The molecule has 3 fully saturated rings. The van der Waals surface area contributed by atoms with Crippen LogP contribution in [0.15, 0.2) is 11.6 Å². The summed E-state index contributed by atoms with van der Waals surface area (Å²) in [6.07, 6.45) is 17.2. The quantitative estimate of drug-likeness (QED) is 0.217. The van der Waals surface area contributed by atoms with Gasteiger partial charge in [-0.25, -0.2) is 0 Å². The first-order valence-corrected chi connectivity index (χ1v) is 15.9. The highest BCUT2D eigenvalue weighted by Gasteiger charge is 2.59. The summed E-state index contributed by atoms with van der Waals surface area (Å²) in [5.74, 6) is 5.05. The Morgan fingerprint density at radius 3 is 2.41 bits per heavy atom. The Bertz CT molecular complexity index is 855. The summed E-state index contributed by atoms with van der Waals surface area (Å²) in [5, 5.41) is 0. The topological polar surface area (TPSA) is 43.4 Å². The van der Waals surface area contributed by atoms with Crippen molar-refractivity contribution in [3.05, 3.63) is 11.6 Å². The molecule has 37 heavy (non-hydrogen) atoms. The fraction of sp³-hybridized carbons (Fsp3) is 0.882. The second kappa shape index (κ2) is 11.5. The first kappa shape index (κ1) is 28.9. The molecule has 0 aromatic carbocycles. The molecule has 0 radical (unpaired) electrons. The summed E-state index contributed by atoms with van der Waals surface area (Å²) < 4.78 is 5.89. The maximum absolute atomic E-state index is 12.5. The van der Waals surface area contributed by atoms with Gasteiger partial charge >= 0.3 is 5.97 Å². The molecule has 3 nitrogen and oxygen atoms in total. The fourth-order valence-electron chi connectivity index (χ4n) is 9.51. The first-order chi connectivity index (χ1) is 17.5. The van der Waals surface area contributed by atoms with Gasteiger partial charge in [0.2, 0.25) is 0 Å². The number of allylic oxidation sites excluding steroid dienone is 1. The number of Topliss-reactive ketones (excluding diaryl/α,β-unsaturated/α-hetero) is 1. The van der Waals surface area contributed by atoms with Crippen molar-refractivity contribution in [3.63, 3.8) is 0 Å². The van der Waals surface area contributed by atoms with Gasteiger partial charge in [0.05, 0.1) is 6.42 Å². The van der Waals surface area contributed by atoms with Crippen molar-refractivity contribution < 1.29 is 14.3 Å². The molecule has 0 saturated heterocycles. The van der Waals surface area contributed by atoms with Crippen LogP contribution in [0, 0.1) is 52.3 Å². The lowest BCUT2D eigenvalue weighted by Crippen LogP contribution is -2.51. The highest BCUT2D eigenvalue weighted by molar-refractivity contribution is 5.84. The van der Waals surface area contributed by atoms with Crippen LogP contribution >= 0.6 is 0 Å². The maximum Gasteiger partial charge on any atom is 0.306 e. The number of fused-ring (bicyclic) bond motifs is 5. The van der Waals surface area contributed by atoms with E-state index in [1.54, 1.807) is 5.57 Å². The zero-order valence-electron chi connectivity index (χ0n) is 25.1. The smallest absolute Gasteiger partial charge is 0.306 e. The molecule has 3 heteroatoms. The molecule has 3 saturated carbocycles. The molecular formula is C34H56O3. The molecule has 4 aliphatic carbocycles. The average Bonchev–Trinajstić information content (AvgIpc) is 3.19. The number of hydrogen-bond acceptors (Lipinski definition) is 3. The molecule has 0 heterocycles. The maximum atomic E-state index is 12.5. The second-order valence-electron chi connectivity index (χ2n) is 14.8. The van der Waals surface area contributed by atoms with Crippen molar-refractivity contribution in [2.75, 3.05) is 0 Å². The molecule has 0 N–H and O–H groups in total. The van der Waals surface area contributed by atoms with E-state index in [0.29, 0.717) is 11.8 Å². The minimum atomic E-state index is -0.190. The Morgan fingerprint density at radius 1 is 0.946 bits per heavy atom. The Labute approximate surface area is 228 Å². The molecule has 0 amide bonds. The van der Waals surface area contributed by atoms with E-state index in [9.17, 15) is 9.59 Å². The van der Waals surface area contributed by atoms with Crippen LogP contribution in [0.2, 0.25) is 0 Å². The van der Waals surface area contributed by atoms with Gasteiger partial charge in [0, 0.05) is 18.8 Å². The minimum absolute atomic E-state index is 0.00562. The highest BCUT2D eigenvalue weighted by Crippen LogP contribution is 2.67. The van der Waals surface area contributed by atoms with Gasteiger partial charge in [-0.2, -0.15) is 0 Å². The van der Waals surface area contributed by atoms with Gasteiger partial charge in [0.1, 0.15) is 11.9 Å². The van der Waals surface area contributed by atoms with E-state index in [1.807, 2.05) is 13.8 Å². The molecule has 0 aliphatic heterocycles. The second-order valence-corrected chi connectivity index (χ2v) is 14.8. The van der Waals surface area contributed by atoms with Gasteiger partial charge in [0.15, 0.2) is 0 Å². The molecule has 4 aliphatic rings. The molecular weight excluding hydrogens is 456 g/mol. The summed E-state index contributed by atoms with van der Waals surface area (Å²) in [6.45, 7) is 16.3. The first-order valence-electron chi connectivity index (χ1n) is 15.9. The third kappa shape index (κ3) is 5.91. The van der Waals surface area contributed by atoms with E-state index >= 15 is 0 Å². The van der Waals surface area contributed by atoms with Crippen LogP contribution in [0.4, 0.5) is 0 Å². The number of carbonyl (C=O) groups excluding carboxylic acids is 2. The SMILES string of the molecule is CC(C)CCC[C@@H](C)[C@H]1CCC2C3CC=C4C[C@H](OC(=O)CCC(=O)C(C)C)CC[C@]4(C)C3CC[C@@]21C. The van der Waals surface area contributed by atoms with E-state index in [0.717, 1.165) is 54.8 Å². The molecule has 0 aromatic heterocycles. The van der Waals surface area contributed by atoms with Gasteiger partial charge in [-0.15, -0.1) is 0 Å². The Kier molecular flexibility index (Phi) is 9.01. The van der Waals surface area contributed by atoms with Crippen molar-refractivity contribution in [2.45, 2.75) is 138 Å². The average molecular weight is 513 g/mol. The predicted octanol–water partition coefficient (Wildman–Crippen LogP) is 8.94. The van der Waals surface area contributed by atoms with E-state index < -0.39 is 0 Å². The highest BCUT2D eigenvalue weighted by atomic mass is 16.5. The van der Waals surface area contributed by atoms with Crippen LogP contribution in [0.25, 0.3) is 0 Å². The molecule has 4 rings (SSSR count). The van der Waals surface area contributed by atoms with Gasteiger partial charge in [-0.3, -0.25) is 9.59 Å².